The van der Waals surface area contributed by atoms with Crippen LogP contribution in [-0.4, -0.2) is 24.4 Å². The van der Waals surface area contributed by atoms with Crippen molar-refractivity contribution in [1.82, 2.24) is 0 Å². The first-order chi connectivity index (χ1) is 16.2. The third kappa shape index (κ3) is 5.92. The fourth-order valence-electron chi connectivity index (χ4n) is 5.03. The molecular weight excluding hydrogens is 448 g/mol. The summed E-state index contributed by atoms with van der Waals surface area (Å²) in [4.78, 5) is 0. The van der Waals surface area contributed by atoms with Crippen LogP contribution < -0.4 is 0 Å². The van der Waals surface area contributed by atoms with Crippen LogP contribution in [0.5, 0.6) is 11.5 Å². The van der Waals surface area contributed by atoms with E-state index in [1.807, 2.05) is 0 Å². The van der Waals surface area contributed by atoms with E-state index in [9.17, 15) is 10.2 Å². The molecule has 0 heterocycles. The molecule has 0 atom stereocenters. The maximum absolute atomic E-state index is 12.0. The second kappa shape index (κ2) is 10.0. The minimum absolute atomic E-state index is 0.195. The predicted molar refractivity (Wildman–Crippen MR) is 151 cm³/mol. The van der Waals surface area contributed by atoms with Gasteiger partial charge in [-0.15, -0.1) is 0 Å². The standard InChI is InChI=1S/C32H50O4/c1-29(2,3)21-15-23(31(7,8)9)27(33)25(19(21)17-35-13)26-20(18-36-14)22(30(4,5)6)16-24(28(26)34)32(10,11)12/h15-16,33-34H,17-18H2,1-14H3. The Morgan fingerprint density at radius 3 is 0.944 bits per heavy atom. The summed E-state index contributed by atoms with van der Waals surface area (Å²) in [6.45, 7) is 26.3. The van der Waals surface area contributed by atoms with Gasteiger partial charge in [0.2, 0.25) is 0 Å². The molecule has 0 aliphatic rings. The van der Waals surface area contributed by atoms with E-state index in [1.54, 1.807) is 14.2 Å². The van der Waals surface area contributed by atoms with E-state index >= 15 is 0 Å². The van der Waals surface area contributed by atoms with Crippen LogP contribution in [0.15, 0.2) is 12.1 Å². The predicted octanol–water partition coefficient (Wildman–Crippen LogP) is 8.25. The van der Waals surface area contributed by atoms with Crippen molar-refractivity contribution < 1.29 is 19.7 Å². The highest BCUT2D eigenvalue weighted by molar-refractivity contribution is 5.86. The van der Waals surface area contributed by atoms with Crippen molar-refractivity contribution in [2.24, 2.45) is 0 Å². The lowest BCUT2D eigenvalue weighted by atomic mass is 9.71. The highest BCUT2D eigenvalue weighted by Gasteiger charge is 2.35. The molecule has 0 aromatic heterocycles. The van der Waals surface area contributed by atoms with Gasteiger partial charge in [-0.3, -0.25) is 0 Å². The van der Waals surface area contributed by atoms with Crippen molar-refractivity contribution in [2.75, 3.05) is 14.2 Å². The second-order valence-electron chi connectivity index (χ2n) is 14.2. The molecular formula is C32H50O4. The Labute approximate surface area is 220 Å². The molecule has 0 radical (unpaired) electrons. The Morgan fingerprint density at radius 1 is 0.500 bits per heavy atom. The van der Waals surface area contributed by atoms with Gasteiger partial charge in [0.15, 0.2) is 0 Å². The Morgan fingerprint density at radius 2 is 0.750 bits per heavy atom. The maximum atomic E-state index is 12.0. The maximum Gasteiger partial charge on any atom is 0.127 e. The molecule has 0 aliphatic carbocycles. The van der Waals surface area contributed by atoms with Gasteiger partial charge >= 0.3 is 0 Å². The average molecular weight is 499 g/mol. The highest BCUT2D eigenvalue weighted by atomic mass is 16.5. The number of benzene rings is 2. The zero-order valence-electron chi connectivity index (χ0n) is 25.3. The van der Waals surface area contributed by atoms with E-state index in [2.05, 4.69) is 95.2 Å². The van der Waals surface area contributed by atoms with Gasteiger partial charge in [0.1, 0.15) is 11.5 Å². The average Bonchev–Trinajstić information content (AvgIpc) is 2.66. The van der Waals surface area contributed by atoms with Gasteiger partial charge in [0.05, 0.1) is 13.2 Å². The minimum Gasteiger partial charge on any atom is -0.507 e. The first-order valence-corrected chi connectivity index (χ1v) is 13.0. The van der Waals surface area contributed by atoms with Crippen LogP contribution in [0.1, 0.15) is 116 Å². The quantitative estimate of drug-likeness (QED) is 0.436. The lowest BCUT2D eigenvalue weighted by molar-refractivity contribution is 0.181. The first-order valence-electron chi connectivity index (χ1n) is 13.0. The van der Waals surface area contributed by atoms with Gasteiger partial charge in [-0.2, -0.15) is 0 Å². The molecule has 2 rings (SSSR count). The number of aromatic hydroxyl groups is 2. The van der Waals surface area contributed by atoms with E-state index in [-0.39, 0.29) is 33.2 Å². The molecule has 2 N–H and O–H groups in total. The summed E-state index contributed by atoms with van der Waals surface area (Å²) in [6, 6.07) is 4.25. The van der Waals surface area contributed by atoms with Gasteiger partial charge in [-0.05, 0) is 43.9 Å². The Balaban J connectivity index is 3.37. The Hall–Kier alpha value is -2.04. The van der Waals surface area contributed by atoms with Crippen LogP contribution in [0.25, 0.3) is 11.1 Å². The monoisotopic (exact) mass is 498 g/mol. The lowest BCUT2D eigenvalue weighted by Gasteiger charge is -2.34. The zero-order chi connectivity index (χ0) is 28.0. The summed E-state index contributed by atoms with van der Waals surface area (Å²) in [7, 11) is 3.35. The largest absolute Gasteiger partial charge is 0.507 e. The van der Waals surface area contributed by atoms with E-state index in [0.717, 1.165) is 33.4 Å². The number of ether oxygens (including phenoxy) is 2. The van der Waals surface area contributed by atoms with Crippen LogP contribution in [0.2, 0.25) is 0 Å². The summed E-state index contributed by atoms with van der Waals surface area (Å²) >= 11 is 0. The minimum atomic E-state index is -0.310. The van der Waals surface area contributed by atoms with Crippen LogP contribution >= 0.6 is 0 Å². The van der Waals surface area contributed by atoms with Crippen molar-refractivity contribution in [3.05, 3.63) is 45.5 Å². The van der Waals surface area contributed by atoms with Crippen molar-refractivity contribution >= 4 is 0 Å². The smallest absolute Gasteiger partial charge is 0.127 e. The van der Waals surface area contributed by atoms with Gasteiger partial charge in [-0.25, -0.2) is 0 Å². The number of rotatable bonds is 5. The molecule has 0 spiro atoms. The van der Waals surface area contributed by atoms with Crippen LogP contribution in [0.4, 0.5) is 0 Å². The topological polar surface area (TPSA) is 58.9 Å². The Kier molecular flexibility index (Phi) is 8.40. The fourth-order valence-corrected chi connectivity index (χ4v) is 5.03. The number of hydrogen-bond acceptors (Lipinski definition) is 4. The molecule has 202 valence electrons. The number of hydrogen-bond donors (Lipinski definition) is 2. The summed E-state index contributed by atoms with van der Waals surface area (Å²) in [5.41, 5.74) is 5.96. The number of methoxy groups -OCH3 is 2. The van der Waals surface area contributed by atoms with Crippen molar-refractivity contribution in [2.45, 2.75) is 118 Å². The first kappa shape index (κ1) is 30.2. The van der Waals surface area contributed by atoms with E-state index in [4.69, 9.17) is 9.47 Å². The molecule has 0 saturated carbocycles. The molecule has 2 aromatic rings. The SMILES string of the molecule is COCc1c(C(C)(C)C)cc(C(C)(C)C)c(O)c1-c1c(O)c(C(C)(C)C)cc(C(C)(C)C)c1COC. The fraction of sp³-hybridized carbons (Fsp3) is 0.625. The molecule has 0 fully saturated rings. The molecule has 0 bridgehead atoms. The molecule has 0 amide bonds. The van der Waals surface area contributed by atoms with Crippen LogP contribution in [-0.2, 0) is 44.3 Å². The number of phenolic OH excluding ortho intramolecular Hbond substituents is 2. The van der Waals surface area contributed by atoms with E-state index in [0.29, 0.717) is 24.3 Å². The molecule has 4 nitrogen and oxygen atoms in total. The third-order valence-corrected chi connectivity index (χ3v) is 6.87. The van der Waals surface area contributed by atoms with Gasteiger partial charge < -0.3 is 19.7 Å². The molecule has 2 aromatic carbocycles. The van der Waals surface area contributed by atoms with Crippen molar-refractivity contribution in [3.8, 4) is 22.6 Å². The third-order valence-electron chi connectivity index (χ3n) is 6.87. The summed E-state index contributed by atoms with van der Waals surface area (Å²) in [5, 5.41) is 23.9. The van der Waals surface area contributed by atoms with Gasteiger partial charge in [0, 0.05) is 36.5 Å². The molecule has 4 heteroatoms. The highest BCUT2D eigenvalue weighted by Crippen LogP contribution is 2.52. The molecule has 36 heavy (non-hydrogen) atoms. The van der Waals surface area contributed by atoms with E-state index < -0.39 is 0 Å². The molecule has 0 saturated heterocycles. The lowest BCUT2D eigenvalue weighted by Crippen LogP contribution is -2.22. The van der Waals surface area contributed by atoms with E-state index in [1.165, 1.54) is 0 Å². The zero-order valence-corrected chi connectivity index (χ0v) is 25.3. The molecule has 0 aliphatic heterocycles. The summed E-state index contributed by atoms with van der Waals surface area (Å²) in [5.74, 6) is 0.391. The van der Waals surface area contributed by atoms with Gasteiger partial charge in [-0.1, -0.05) is 95.2 Å². The van der Waals surface area contributed by atoms with Crippen molar-refractivity contribution in [3.63, 3.8) is 0 Å². The van der Waals surface area contributed by atoms with Gasteiger partial charge in [0.25, 0.3) is 0 Å². The van der Waals surface area contributed by atoms with Crippen LogP contribution in [0, 0.1) is 0 Å². The molecule has 0 unspecified atom stereocenters. The normalized spacial score (nSPS) is 13.4. The Bertz CT molecular complexity index is 1010. The summed E-state index contributed by atoms with van der Waals surface area (Å²) < 4.78 is 11.4. The van der Waals surface area contributed by atoms with Crippen molar-refractivity contribution in [1.29, 1.82) is 0 Å². The summed E-state index contributed by atoms with van der Waals surface area (Å²) in [6.07, 6.45) is 0. The second-order valence-corrected chi connectivity index (χ2v) is 14.2. The van der Waals surface area contributed by atoms with Crippen LogP contribution in [0.3, 0.4) is 0 Å². The number of phenols is 2.